The van der Waals surface area contributed by atoms with Gasteiger partial charge in [0.2, 0.25) is 0 Å². The summed E-state index contributed by atoms with van der Waals surface area (Å²) in [5.41, 5.74) is 0. The molecule has 0 aromatic carbocycles. The molecule has 0 N–H and O–H groups in total. The SMILES string of the molecule is C=CCC1CCC2(OC)O[C@@H]3[C@@H](OC(C[C@H](COC(C)=O)OC(C)=O)[C@@H]3C)[C@H](OC(C)=O)[C@H]2O1. The molecule has 0 aromatic rings. The number of carbonyl (C=O) groups is 3. The van der Waals surface area contributed by atoms with E-state index >= 15 is 0 Å². The minimum atomic E-state index is -1.08. The van der Waals surface area contributed by atoms with Crippen LogP contribution >= 0.6 is 0 Å². The number of hydrogen-bond donors (Lipinski definition) is 0. The van der Waals surface area contributed by atoms with Crippen LogP contribution in [0.4, 0.5) is 0 Å². The first-order chi connectivity index (χ1) is 16.1. The Balaban J connectivity index is 1.84. The summed E-state index contributed by atoms with van der Waals surface area (Å²) in [6.07, 6.45) is 0.302. The van der Waals surface area contributed by atoms with Gasteiger partial charge in [0.05, 0.1) is 18.3 Å². The van der Waals surface area contributed by atoms with Gasteiger partial charge in [-0.3, -0.25) is 14.4 Å². The fourth-order valence-electron chi connectivity index (χ4n) is 5.16. The van der Waals surface area contributed by atoms with E-state index in [0.717, 1.165) is 0 Å². The maximum Gasteiger partial charge on any atom is 0.303 e. The van der Waals surface area contributed by atoms with E-state index in [1.807, 2.05) is 6.92 Å². The van der Waals surface area contributed by atoms with Gasteiger partial charge in [-0.25, -0.2) is 0 Å². The highest BCUT2D eigenvalue weighted by Crippen LogP contribution is 2.48. The molecule has 3 saturated heterocycles. The molecule has 3 rings (SSSR count). The van der Waals surface area contributed by atoms with E-state index in [-0.39, 0.29) is 25.0 Å². The van der Waals surface area contributed by atoms with E-state index in [1.54, 1.807) is 13.2 Å². The molecule has 0 aliphatic carbocycles. The molecule has 34 heavy (non-hydrogen) atoms. The molecule has 0 bridgehead atoms. The Labute approximate surface area is 200 Å². The predicted molar refractivity (Wildman–Crippen MR) is 118 cm³/mol. The third-order valence-electron chi connectivity index (χ3n) is 6.68. The van der Waals surface area contributed by atoms with Crippen LogP contribution in [-0.4, -0.2) is 80.1 Å². The van der Waals surface area contributed by atoms with Crippen LogP contribution in [0.25, 0.3) is 0 Å². The Kier molecular flexibility index (Phi) is 8.72. The second-order valence-corrected chi connectivity index (χ2v) is 9.18. The number of methoxy groups -OCH3 is 1. The van der Waals surface area contributed by atoms with E-state index in [4.69, 9.17) is 33.2 Å². The highest BCUT2D eigenvalue weighted by atomic mass is 16.7. The maximum atomic E-state index is 12.0. The van der Waals surface area contributed by atoms with Gasteiger partial charge in [-0.2, -0.15) is 0 Å². The van der Waals surface area contributed by atoms with Gasteiger partial charge >= 0.3 is 17.9 Å². The number of rotatable bonds is 9. The van der Waals surface area contributed by atoms with Crippen molar-refractivity contribution in [2.75, 3.05) is 13.7 Å². The minimum absolute atomic E-state index is 0.0813. The molecule has 0 spiro atoms. The van der Waals surface area contributed by atoms with Crippen molar-refractivity contribution < 1.29 is 47.5 Å². The fourth-order valence-corrected chi connectivity index (χ4v) is 5.16. The van der Waals surface area contributed by atoms with Crippen molar-refractivity contribution in [1.82, 2.24) is 0 Å². The van der Waals surface area contributed by atoms with E-state index in [9.17, 15) is 14.4 Å². The average molecular weight is 485 g/mol. The summed E-state index contributed by atoms with van der Waals surface area (Å²) in [7, 11) is 1.56. The number of fused-ring (bicyclic) bond motifs is 2. The van der Waals surface area contributed by atoms with Gasteiger partial charge in [-0.1, -0.05) is 13.0 Å². The summed E-state index contributed by atoms with van der Waals surface area (Å²) >= 11 is 0. The number of ether oxygens (including phenoxy) is 7. The molecular formula is C24H36O10. The molecule has 0 radical (unpaired) electrons. The van der Waals surface area contributed by atoms with Gasteiger partial charge < -0.3 is 33.2 Å². The van der Waals surface area contributed by atoms with Crippen molar-refractivity contribution in [3.8, 4) is 0 Å². The molecule has 9 atom stereocenters. The summed E-state index contributed by atoms with van der Waals surface area (Å²) < 4.78 is 41.2. The number of hydrogen-bond acceptors (Lipinski definition) is 10. The molecular weight excluding hydrogens is 448 g/mol. The van der Waals surface area contributed by atoms with Gasteiger partial charge in [0.1, 0.15) is 18.8 Å². The van der Waals surface area contributed by atoms with Crippen molar-refractivity contribution in [2.45, 2.75) is 102 Å². The highest BCUT2D eigenvalue weighted by molar-refractivity contribution is 5.67. The standard InChI is InChI=1S/C24H36O10/c1-7-8-17-9-10-24(28-6)23(32-17)22(31-16(5)27)21-20(34-24)13(2)19(33-21)11-18(30-15(4)26)12-29-14(3)25/h7,13,17-23H,1,8-12H2,2-6H3/t13-,17?,18+,19?,20-,21+,22-,23+,24?/m0/s1. The Bertz CT molecular complexity index is 769. The Hall–Kier alpha value is -2.01. The number of esters is 3. The van der Waals surface area contributed by atoms with Crippen LogP contribution in [-0.2, 0) is 47.5 Å². The van der Waals surface area contributed by atoms with Crippen molar-refractivity contribution in [1.29, 1.82) is 0 Å². The Morgan fingerprint density at radius 2 is 1.85 bits per heavy atom. The molecule has 3 aliphatic heterocycles. The second-order valence-electron chi connectivity index (χ2n) is 9.18. The van der Waals surface area contributed by atoms with E-state index in [1.165, 1.54) is 20.8 Å². The first-order valence-electron chi connectivity index (χ1n) is 11.7. The first-order valence-corrected chi connectivity index (χ1v) is 11.7. The summed E-state index contributed by atoms with van der Waals surface area (Å²) in [6, 6.07) is 0. The van der Waals surface area contributed by atoms with Crippen molar-refractivity contribution in [2.24, 2.45) is 5.92 Å². The molecule has 3 unspecified atom stereocenters. The van der Waals surface area contributed by atoms with Crippen LogP contribution in [0.2, 0.25) is 0 Å². The molecule has 3 fully saturated rings. The van der Waals surface area contributed by atoms with Crippen molar-refractivity contribution in [3.05, 3.63) is 12.7 Å². The lowest BCUT2D eigenvalue weighted by Gasteiger charge is -2.53. The molecule has 0 saturated carbocycles. The number of carbonyl (C=O) groups excluding carboxylic acids is 3. The average Bonchev–Trinajstić information content (AvgIpc) is 3.06. The fraction of sp³-hybridized carbons (Fsp3) is 0.792. The van der Waals surface area contributed by atoms with Crippen LogP contribution in [0.1, 0.15) is 53.4 Å². The van der Waals surface area contributed by atoms with E-state index in [2.05, 4.69) is 6.58 Å². The zero-order chi connectivity index (χ0) is 25.0. The molecule has 0 aromatic heterocycles. The van der Waals surface area contributed by atoms with Gasteiger partial charge in [-0.05, 0) is 12.8 Å². The van der Waals surface area contributed by atoms with E-state index < -0.39 is 60.3 Å². The van der Waals surface area contributed by atoms with Crippen LogP contribution in [0.15, 0.2) is 12.7 Å². The van der Waals surface area contributed by atoms with Gasteiger partial charge in [0, 0.05) is 46.6 Å². The van der Waals surface area contributed by atoms with Crippen LogP contribution in [0.5, 0.6) is 0 Å². The lowest BCUT2D eigenvalue weighted by molar-refractivity contribution is -0.380. The molecule has 0 amide bonds. The Morgan fingerprint density at radius 1 is 1.12 bits per heavy atom. The zero-order valence-corrected chi connectivity index (χ0v) is 20.5. The molecule has 192 valence electrons. The van der Waals surface area contributed by atoms with Crippen LogP contribution in [0.3, 0.4) is 0 Å². The third kappa shape index (κ3) is 5.79. The maximum absolute atomic E-state index is 12.0. The lowest BCUT2D eigenvalue weighted by Crippen LogP contribution is -2.68. The van der Waals surface area contributed by atoms with Gasteiger partial charge in [0.15, 0.2) is 18.0 Å². The van der Waals surface area contributed by atoms with Crippen LogP contribution < -0.4 is 0 Å². The smallest absolute Gasteiger partial charge is 0.303 e. The summed E-state index contributed by atoms with van der Waals surface area (Å²) in [5.74, 6) is -2.66. The molecule has 3 heterocycles. The normalized spacial score (nSPS) is 37.6. The third-order valence-corrected chi connectivity index (χ3v) is 6.68. The zero-order valence-electron chi connectivity index (χ0n) is 20.5. The second kappa shape index (κ2) is 11.2. The molecule has 10 heteroatoms. The summed E-state index contributed by atoms with van der Waals surface area (Å²) in [6.45, 7) is 9.60. The van der Waals surface area contributed by atoms with Crippen LogP contribution in [0, 0.1) is 5.92 Å². The summed E-state index contributed by atoms with van der Waals surface area (Å²) in [4.78, 5) is 34.9. The Morgan fingerprint density at radius 3 is 2.44 bits per heavy atom. The molecule has 3 aliphatic rings. The highest BCUT2D eigenvalue weighted by Gasteiger charge is 2.64. The quantitative estimate of drug-likeness (QED) is 0.274. The first kappa shape index (κ1) is 26.6. The van der Waals surface area contributed by atoms with Crippen molar-refractivity contribution >= 4 is 17.9 Å². The van der Waals surface area contributed by atoms with Gasteiger partial charge in [-0.15, -0.1) is 6.58 Å². The minimum Gasteiger partial charge on any atom is -0.462 e. The molecule has 10 nitrogen and oxygen atoms in total. The predicted octanol–water partition coefficient (Wildman–Crippen LogP) is 2.07. The summed E-state index contributed by atoms with van der Waals surface area (Å²) in [5, 5.41) is 0. The van der Waals surface area contributed by atoms with E-state index in [0.29, 0.717) is 19.3 Å². The van der Waals surface area contributed by atoms with Gasteiger partial charge in [0.25, 0.3) is 0 Å². The monoisotopic (exact) mass is 484 g/mol. The lowest BCUT2D eigenvalue weighted by atomic mass is 9.83. The largest absolute Gasteiger partial charge is 0.462 e. The van der Waals surface area contributed by atoms with Crippen molar-refractivity contribution in [3.63, 3.8) is 0 Å². The topological polar surface area (TPSA) is 116 Å².